The van der Waals surface area contributed by atoms with Crippen molar-refractivity contribution in [1.29, 1.82) is 0 Å². The van der Waals surface area contributed by atoms with E-state index >= 15 is 0 Å². The molecule has 0 spiro atoms. The lowest BCUT2D eigenvalue weighted by Gasteiger charge is -2.19. The minimum Gasteiger partial charge on any atom is -0.493 e. The summed E-state index contributed by atoms with van der Waals surface area (Å²) in [5.41, 5.74) is 2.10. The van der Waals surface area contributed by atoms with Crippen molar-refractivity contribution in [2.75, 3.05) is 14.2 Å². The number of amides is 1. The van der Waals surface area contributed by atoms with Crippen molar-refractivity contribution < 1.29 is 18.7 Å². The molecule has 2 aromatic rings. The lowest BCUT2D eigenvalue weighted by atomic mass is 10.0. The number of hydrogen-bond donors (Lipinski definition) is 1. The Hall–Kier alpha value is -2.08. The molecule has 128 valence electrons. The normalized spacial score (nSPS) is 11.8. The highest BCUT2D eigenvalue weighted by atomic mass is 79.9. The van der Waals surface area contributed by atoms with Gasteiger partial charge in [-0.1, -0.05) is 0 Å². The summed E-state index contributed by atoms with van der Waals surface area (Å²) in [6.07, 6.45) is 0. The number of aryl methyl sites for hydroxylation is 1. The first kappa shape index (κ1) is 18.3. The Morgan fingerprint density at radius 2 is 1.79 bits per heavy atom. The topological polar surface area (TPSA) is 47.6 Å². The van der Waals surface area contributed by atoms with Gasteiger partial charge in [0.2, 0.25) is 0 Å². The number of carbonyl (C=O) groups is 1. The van der Waals surface area contributed by atoms with E-state index in [4.69, 9.17) is 9.47 Å². The molecule has 0 saturated heterocycles. The highest BCUT2D eigenvalue weighted by Crippen LogP contribution is 2.33. The second kappa shape index (κ2) is 7.66. The lowest BCUT2D eigenvalue weighted by Crippen LogP contribution is -2.27. The van der Waals surface area contributed by atoms with Gasteiger partial charge in [0, 0.05) is 4.47 Å². The van der Waals surface area contributed by atoms with Crippen LogP contribution >= 0.6 is 15.9 Å². The van der Waals surface area contributed by atoms with Gasteiger partial charge in [0.25, 0.3) is 5.91 Å². The number of ether oxygens (including phenoxy) is 2. The van der Waals surface area contributed by atoms with Crippen LogP contribution in [0.25, 0.3) is 0 Å². The molecular weight excluding hydrogens is 377 g/mol. The summed E-state index contributed by atoms with van der Waals surface area (Å²) in [7, 11) is 3.13. The van der Waals surface area contributed by atoms with E-state index in [1.807, 2.05) is 26.0 Å². The molecule has 1 amide bonds. The van der Waals surface area contributed by atoms with Crippen LogP contribution in [0.1, 0.15) is 34.5 Å². The Morgan fingerprint density at radius 1 is 1.17 bits per heavy atom. The first-order valence-corrected chi connectivity index (χ1v) is 8.15. The molecule has 24 heavy (non-hydrogen) atoms. The number of methoxy groups -OCH3 is 2. The molecule has 0 bridgehead atoms. The molecule has 4 nitrogen and oxygen atoms in total. The standard InChI is InChI=1S/C18H19BrFNO3/c1-10-7-16(23-3)17(24-4)9-13(10)11(2)21-18(22)14-8-12(20)5-6-15(14)19/h5-9,11H,1-4H3,(H,21,22)/t11-/m1/s1. The maximum absolute atomic E-state index is 13.4. The molecule has 0 aromatic heterocycles. The first-order chi connectivity index (χ1) is 11.4. The molecule has 0 heterocycles. The third-order valence-electron chi connectivity index (χ3n) is 3.76. The van der Waals surface area contributed by atoms with Crippen molar-refractivity contribution >= 4 is 21.8 Å². The second-order valence-electron chi connectivity index (χ2n) is 5.38. The van der Waals surface area contributed by atoms with Crippen LogP contribution in [0.4, 0.5) is 4.39 Å². The Labute approximate surface area is 149 Å². The monoisotopic (exact) mass is 395 g/mol. The fraction of sp³-hybridized carbons (Fsp3) is 0.278. The van der Waals surface area contributed by atoms with Crippen LogP contribution in [0.3, 0.4) is 0 Å². The van der Waals surface area contributed by atoms with Gasteiger partial charge < -0.3 is 14.8 Å². The number of hydrogen-bond acceptors (Lipinski definition) is 3. The maximum Gasteiger partial charge on any atom is 0.253 e. The van der Waals surface area contributed by atoms with Gasteiger partial charge >= 0.3 is 0 Å². The fourth-order valence-corrected chi connectivity index (χ4v) is 2.91. The predicted molar refractivity (Wildman–Crippen MR) is 94.3 cm³/mol. The molecule has 0 aliphatic heterocycles. The van der Waals surface area contributed by atoms with Gasteiger partial charge in [-0.25, -0.2) is 4.39 Å². The minimum atomic E-state index is -0.460. The molecule has 6 heteroatoms. The number of halogens is 2. The van der Waals surface area contributed by atoms with Crippen LogP contribution in [0, 0.1) is 12.7 Å². The molecular formula is C18H19BrFNO3. The van der Waals surface area contributed by atoms with Crippen LogP contribution in [0.2, 0.25) is 0 Å². The van der Waals surface area contributed by atoms with Crippen molar-refractivity contribution in [3.8, 4) is 11.5 Å². The smallest absolute Gasteiger partial charge is 0.253 e. The zero-order chi connectivity index (χ0) is 17.9. The van der Waals surface area contributed by atoms with Crippen LogP contribution in [0.5, 0.6) is 11.5 Å². The maximum atomic E-state index is 13.4. The summed E-state index contributed by atoms with van der Waals surface area (Å²) < 4.78 is 24.5. The van der Waals surface area contributed by atoms with E-state index in [0.717, 1.165) is 11.1 Å². The third-order valence-corrected chi connectivity index (χ3v) is 4.45. The molecule has 2 aromatic carbocycles. The number of benzene rings is 2. The number of nitrogens with one attached hydrogen (secondary N) is 1. The van der Waals surface area contributed by atoms with Crippen LogP contribution < -0.4 is 14.8 Å². The van der Waals surface area contributed by atoms with Crippen molar-refractivity contribution in [3.05, 3.63) is 57.3 Å². The average Bonchev–Trinajstić information content (AvgIpc) is 2.56. The van der Waals surface area contributed by atoms with Gasteiger partial charge in [0.1, 0.15) is 5.82 Å². The van der Waals surface area contributed by atoms with Gasteiger partial charge in [-0.2, -0.15) is 0 Å². The highest BCUT2D eigenvalue weighted by Gasteiger charge is 2.18. The van der Waals surface area contributed by atoms with Crippen molar-refractivity contribution in [1.82, 2.24) is 5.32 Å². The van der Waals surface area contributed by atoms with E-state index in [2.05, 4.69) is 21.2 Å². The van der Waals surface area contributed by atoms with E-state index in [9.17, 15) is 9.18 Å². The van der Waals surface area contributed by atoms with Crippen LogP contribution in [0.15, 0.2) is 34.8 Å². The van der Waals surface area contributed by atoms with E-state index in [1.54, 1.807) is 14.2 Å². The molecule has 0 radical (unpaired) electrons. The van der Waals surface area contributed by atoms with Crippen molar-refractivity contribution in [2.24, 2.45) is 0 Å². The molecule has 0 unspecified atom stereocenters. The zero-order valence-electron chi connectivity index (χ0n) is 13.9. The molecule has 0 aliphatic carbocycles. The molecule has 1 atom stereocenters. The van der Waals surface area contributed by atoms with Gasteiger partial charge in [-0.15, -0.1) is 0 Å². The highest BCUT2D eigenvalue weighted by molar-refractivity contribution is 9.10. The SMILES string of the molecule is COc1cc(C)c([C@@H](C)NC(=O)c2cc(F)ccc2Br)cc1OC. The Kier molecular flexibility index (Phi) is 5.83. The summed E-state index contributed by atoms with van der Waals surface area (Å²) in [5, 5.41) is 2.88. The Bertz CT molecular complexity index is 764. The van der Waals surface area contributed by atoms with Crippen molar-refractivity contribution in [3.63, 3.8) is 0 Å². The van der Waals surface area contributed by atoms with Gasteiger partial charge in [-0.3, -0.25) is 4.79 Å². The van der Waals surface area contributed by atoms with E-state index in [-0.39, 0.29) is 17.5 Å². The second-order valence-corrected chi connectivity index (χ2v) is 6.24. The van der Waals surface area contributed by atoms with Crippen molar-refractivity contribution in [2.45, 2.75) is 19.9 Å². The number of rotatable bonds is 5. The quantitative estimate of drug-likeness (QED) is 0.815. The predicted octanol–water partition coefficient (Wildman–Crippen LogP) is 4.40. The molecule has 0 fully saturated rings. The Balaban J connectivity index is 2.27. The Morgan fingerprint density at radius 3 is 2.42 bits per heavy atom. The lowest BCUT2D eigenvalue weighted by molar-refractivity contribution is 0.0938. The summed E-state index contributed by atoms with van der Waals surface area (Å²) >= 11 is 3.27. The van der Waals surface area contributed by atoms with Crippen LogP contribution in [-0.4, -0.2) is 20.1 Å². The molecule has 2 rings (SSSR count). The van der Waals surface area contributed by atoms with Gasteiger partial charge in [0.15, 0.2) is 11.5 Å². The molecule has 0 saturated carbocycles. The van der Waals surface area contributed by atoms with E-state index in [0.29, 0.717) is 16.0 Å². The molecule has 0 aliphatic rings. The largest absolute Gasteiger partial charge is 0.493 e. The fourth-order valence-electron chi connectivity index (χ4n) is 2.49. The summed E-state index contributed by atoms with van der Waals surface area (Å²) in [6, 6.07) is 7.41. The first-order valence-electron chi connectivity index (χ1n) is 7.35. The summed E-state index contributed by atoms with van der Waals surface area (Å²) in [5.74, 6) is 0.401. The average molecular weight is 396 g/mol. The van der Waals surface area contributed by atoms with E-state index in [1.165, 1.54) is 18.2 Å². The minimum absolute atomic E-state index is 0.250. The summed E-state index contributed by atoms with van der Waals surface area (Å²) in [6.45, 7) is 3.79. The summed E-state index contributed by atoms with van der Waals surface area (Å²) in [4.78, 5) is 12.4. The molecule has 1 N–H and O–H groups in total. The third kappa shape index (κ3) is 3.87. The van der Waals surface area contributed by atoms with Gasteiger partial charge in [-0.05, 0) is 71.2 Å². The van der Waals surface area contributed by atoms with E-state index < -0.39 is 5.82 Å². The zero-order valence-corrected chi connectivity index (χ0v) is 15.5. The van der Waals surface area contributed by atoms with Crippen LogP contribution in [-0.2, 0) is 0 Å². The van der Waals surface area contributed by atoms with Gasteiger partial charge in [0.05, 0.1) is 25.8 Å². The number of carbonyl (C=O) groups excluding carboxylic acids is 1.